The van der Waals surface area contributed by atoms with Crippen molar-refractivity contribution in [2.45, 2.75) is 31.3 Å². The van der Waals surface area contributed by atoms with Gasteiger partial charge in [0.25, 0.3) is 0 Å². The summed E-state index contributed by atoms with van der Waals surface area (Å²) in [5, 5.41) is 22.2. The molecule has 5 heteroatoms. The minimum Gasteiger partial charge on any atom is -0.492 e. The number of aliphatic hydroxyl groups is 1. The second-order valence-electron chi connectivity index (χ2n) is 5.29. The molecule has 20 heavy (non-hydrogen) atoms. The van der Waals surface area contributed by atoms with Crippen molar-refractivity contribution in [1.29, 1.82) is 0 Å². The Balaban J connectivity index is 1.68. The van der Waals surface area contributed by atoms with Crippen LogP contribution in [0.1, 0.15) is 36.0 Å². The summed E-state index contributed by atoms with van der Waals surface area (Å²) in [5.74, 6) is -0.414. The van der Waals surface area contributed by atoms with Crippen molar-refractivity contribution in [1.82, 2.24) is 5.32 Å². The summed E-state index contributed by atoms with van der Waals surface area (Å²) in [5.41, 5.74) is -0.334. The molecule has 1 fully saturated rings. The Labute approximate surface area is 118 Å². The molecule has 110 valence electrons. The van der Waals surface area contributed by atoms with Crippen LogP contribution in [-0.4, -0.2) is 41.5 Å². The SMILES string of the molecule is O=C(O)c1cccc(OCCNCC2(O)CCCC2)c1. The second-order valence-corrected chi connectivity index (χ2v) is 5.29. The molecule has 0 amide bonds. The highest BCUT2D eigenvalue weighted by molar-refractivity contribution is 5.87. The van der Waals surface area contributed by atoms with E-state index < -0.39 is 11.6 Å². The number of hydrogen-bond donors (Lipinski definition) is 3. The van der Waals surface area contributed by atoms with Gasteiger partial charge < -0.3 is 20.3 Å². The maximum Gasteiger partial charge on any atom is 0.335 e. The summed E-state index contributed by atoms with van der Waals surface area (Å²) < 4.78 is 5.49. The quantitative estimate of drug-likeness (QED) is 0.662. The first-order valence-electron chi connectivity index (χ1n) is 6.98. The van der Waals surface area contributed by atoms with Gasteiger partial charge >= 0.3 is 5.97 Å². The summed E-state index contributed by atoms with van der Waals surface area (Å²) in [6.45, 7) is 1.66. The van der Waals surface area contributed by atoms with Crippen molar-refractivity contribution in [2.24, 2.45) is 0 Å². The minimum atomic E-state index is -0.961. The van der Waals surface area contributed by atoms with E-state index in [1.165, 1.54) is 12.1 Å². The molecule has 0 bridgehead atoms. The number of aromatic carboxylic acids is 1. The molecule has 0 unspecified atom stereocenters. The molecule has 0 spiro atoms. The first-order chi connectivity index (χ1) is 9.59. The third kappa shape index (κ3) is 4.21. The van der Waals surface area contributed by atoms with E-state index in [-0.39, 0.29) is 5.56 Å². The van der Waals surface area contributed by atoms with E-state index >= 15 is 0 Å². The number of ether oxygens (including phenoxy) is 1. The minimum absolute atomic E-state index is 0.218. The molecular weight excluding hydrogens is 258 g/mol. The summed E-state index contributed by atoms with van der Waals surface area (Å²) in [7, 11) is 0. The Bertz CT molecular complexity index is 455. The van der Waals surface area contributed by atoms with E-state index in [0.29, 0.717) is 25.4 Å². The highest BCUT2D eigenvalue weighted by Gasteiger charge is 2.30. The van der Waals surface area contributed by atoms with Gasteiger partial charge in [0.05, 0.1) is 11.2 Å². The lowest BCUT2D eigenvalue weighted by atomic mass is 10.0. The summed E-state index contributed by atoms with van der Waals surface area (Å²) in [4.78, 5) is 10.8. The van der Waals surface area contributed by atoms with Gasteiger partial charge in [-0.25, -0.2) is 4.79 Å². The normalized spacial score (nSPS) is 17.1. The van der Waals surface area contributed by atoms with E-state index in [1.807, 2.05) is 0 Å². The highest BCUT2D eigenvalue weighted by atomic mass is 16.5. The lowest BCUT2D eigenvalue weighted by Crippen LogP contribution is -2.39. The molecule has 1 aliphatic rings. The molecule has 0 aliphatic heterocycles. The van der Waals surface area contributed by atoms with Gasteiger partial charge in [0.1, 0.15) is 12.4 Å². The van der Waals surface area contributed by atoms with Gasteiger partial charge in [-0.15, -0.1) is 0 Å². The molecule has 5 nitrogen and oxygen atoms in total. The van der Waals surface area contributed by atoms with Gasteiger partial charge in [0, 0.05) is 13.1 Å². The van der Waals surface area contributed by atoms with Crippen molar-refractivity contribution in [3.05, 3.63) is 29.8 Å². The molecule has 0 radical (unpaired) electrons. The van der Waals surface area contributed by atoms with Gasteiger partial charge in [0.15, 0.2) is 0 Å². The largest absolute Gasteiger partial charge is 0.492 e. The van der Waals surface area contributed by atoms with Crippen LogP contribution in [0.2, 0.25) is 0 Å². The van der Waals surface area contributed by atoms with Crippen molar-refractivity contribution < 1.29 is 19.7 Å². The van der Waals surface area contributed by atoms with E-state index in [1.54, 1.807) is 12.1 Å². The van der Waals surface area contributed by atoms with Crippen molar-refractivity contribution in [3.63, 3.8) is 0 Å². The van der Waals surface area contributed by atoms with Crippen LogP contribution in [0.5, 0.6) is 5.75 Å². The number of carboxylic acids is 1. The maximum atomic E-state index is 10.8. The number of nitrogens with one attached hydrogen (secondary N) is 1. The molecular formula is C15H21NO4. The fraction of sp³-hybridized carbons (Fsp3) is 0.533. The zero-order valence-corrected chi connectivity index (χ0v) is 11.5. The molecule has 0 heterocycles. The fourth-order valence-electron chi connectivity index (χ4n) is 2.49. The van der Waals surface area contributed by atoms with Crippen molar-refractivity contribution in [3.8, 4) is 5.75 Å². The average Bonchev–Trinajstić information content (AvgIpc) is 2.86. The van der Waals surface area contributed by atoms with Gasteiger partial charge in [-0.1, -0.05) is 18.9 Å². The van der Waals surface area contributed by atoms with Gasteiger partial charge in [-0.2, -0.15) is 0 Å². The molecule has 1 aromatic rings. The average molecular weight is 279 g/mol. The van der Waals surface area contributed by atoms with Crippen LogP contribution in [0.15, 0.2) is 24.3 Å². The molecule has 1 aliphatic carbocycles. The molecule has 2 rings (SSSR count). The Morgan fingerprint density at radius 2 is 2.10 bits per heavy atom. The van der Waals surface area contributed by atoms with Crippen LogP contribution in [0.25, 0.3) is 0 Å². The third-order valence-corrected chi connectivity index (χ3v) is 3.62. The Kier molecular flexibility index (Phi) is 4.98. The second kappa shape index (κ2) is 6.72. The van der Waals surface area contributed by atoms with E-state index in [0.717, 1.165) is 25.7 Å². The maximum absolute atomic E-state index is 10.8. The van der Waals surface area contributed by atoms with Crippen LogP contribution >= 0.6 is 0 Å². The molecule has 3 N–H and O–H groups in total. The van der Waals surface area contributed by atoms with Crippen LogP contribution in [0.3, 0.4) is 0 Å². The smallest absolute Gasteiger partial charge is 0.335 e. The lowest BCUT2D eigenvalue weighted by molar-refractivity contribution is 0.0471. The van der Waals surface area contributed by atoms with Gasteiger partial charge in [0.2, 0.25) is 0 Å². The number of carboxylic acid groups (broad SMARTS) is 1. The Morgan fingerprint density at radius 3 is 2.80 bits per heavy atom. The number of benzene rings is 1. The summed E-state index contributed by atoms with van der Waals surface area (Å²) in [6, 6.07) is 6.43. The topological polar surface area (TPSA) is 78.8 Å². The number of rotatable bonds is 7. The van der Waals surface area contributed by atoms with E-state index in [9.17, 15) is 9.90 Å². The highest BCUT2D eigenvalue weighted by Crippen LogP contribution is 2.28. The third-order valence-electron chi connectivity index (χ3n) is 3.62. The van der Waals surface area contributed by atoms with Crippen LogP contribution in [0.4, 0.5) is 0 Å². The van der Waals surface area contributed by atoms with Crippen molar-refractivity contribution in [2.75, 3.05) is 19.7 Å². The number of hydrogen-bond acceptors (Lipinski definition) is 4. The first-order valence-corrected chi connectivity index (χ1v) is 6.98. The predicted octanol–water partition coefficient (Wildman–Crippen LogP) is 1.66. The van der Waals surface area contributed by atoms with Crippen LogP contribution in [-0.2, 0) is 0 Å². The standard InChI is InChI=1S/C15H21NO4/c17-14(18)12-4-3-5-13(10-12)20-9-8-16-11-15(19)6-1-2-7-15/h3-5,10,16,19H,1-2,6-9,11H2,(H,17,18). The first kappa shape index (κ1) is 14.8. The molecule has 0 saturated heterocycles. The van der Waals surface area contributed by atoms with Gasteiger partial charge in [-0.3, -0.25) is 0 Å². The molecule has 1 saturated carbocycles. The zero-order valence-electron chi connectivity index (χ0n) is 11.5. The predicted molar refractivity (Wildman–Crippen MR) is 75.2 cm³/mol. The lowest BCUT2D eigenvalue weighted by Gasteiger charge is -2.22. The van der Waals surface area contributed by atoms with Crippen LogP contribution in [0, 0.1) is 0 Å². The Morgan fingerprint density at radius 1 is 1.35 bits per heavy atom. The van der Waals surface area contributed by atoms with E-state index in [2.05, 4.69) is 5.32 Å². The fourth-order valence-corrected chi connectivity index (χ4v) is 2.49. The summed E-state index contributed by atoms with van der Waals surface area (Å²) in [6.07, 6.45) is 3.91. The summed E-state index contributed by atoms with van der Waals surface area (Å²) >= 11 is 0. The monoisotopic (exact) mass is 279 g/mol. The molecule has 0 aromatic heterocycles. The zero-order chi connectivity index (χ0) is 14.4. The molecule has 1 aromatic carbocycles. The van der Waals surface area contributed by atoms with Crippen LogP contribution < -0.4 is 10.1 Å². The molecule has 0 atom stereocenters. The van der Waals surface area contributed by atoms with Crippen molar-refractivity contribution >= 4 is 5.97 Å². The van der Waals surface area contributed by atoms with E-state index in [4.69, 9.17) is 9.84 Å². The van der Waals surface area contributed by atoms with Gasteiger partial charge in [-0.05, 0) is 31.0 Å². The Hall–Kier alpha value is -1.59. The number of carbonyl (C=O) groups is 1.